The Bertz CT molecular complexity index is 1310. The molecule has 0 bridgehead atoms. The largest absolute Gasteiger partial charge is 0.421 e. The summed E-state index contributed by atoms with van der Waals surface area (Å²) < 4.78 is 19.3. The van der Waals surface area contributed by atoms with E-state index < -0.39 is 0 Å². The van der Waals surface area contributed by atoms with Gasteiger partial charge in [-0.3, -0.25) is 9.78 Å². The van der Waals surface area contributed by atoms with Gasteiger partial charge < -0.3 is 9.73 Å². The molecular formula is C27H27FN4O2. The number of hydrogen-bond acceptors (Lipinski definition) is 5. The van der Waals surface area contributed by atoms with E-state index in [1.54, 1.807) is 31.2 Å². The first-order valence-corrected chi connectivity index (χ1v) is 11.7. The molecule has 0 spiro atoms. The van der Waals surface area contributed by atoms with Gasteiger partial charge in [-0.05, 0) is 98.5 Å². The molecule has 2 aromatic heterocycles. The van der Waals surface area contributed by atoms with Crippen molar-refractivity contribution in [2.24, 2.45) is 5.92 Å². The first-order chi connectivity index (χ1) is 16.5. The summed E-state index contributed by atoms with van der Waals surface area (Å²) in [6, 6.07) is 14.1. The summed E-state index contributed by atoms with van der Waals surface area (Å²) >= 11 is 0. The van der Waals surface area contributed by atoms with Gasteiger partial charge in [-0.1, -0.05) is 0 Å². The van der Waals surface area contributed by atoms with E-state index in [2.05, 4.69) is 27.4 Å². The Morgan fingerprint density at radius 2 is 1.82 bits per heavy atom. The highest BCUT2D eigenvalue weighted by molar-refractivity contribution is 5.94. The standard InChI is InChI=1S/C27H27FN4O2/c1-16(30-26(33)20-7-9-21(10-8-20)27-32-31-17(2)34-27)18-3-5-19(6-4-18)23-13-14-29-25-12-11-22(28)15-24(23)25/h7-16,18-19H,3-6H2,1-2H3,(H,30,33). The van der Waals surface area contributed by atoms with E-state index in [4.69, 9.17) is 4.42 Å². The normalized spacial score (nSPS) is 19.1. The van der Waals surface area contributed by atoms with Crippen LogP contribution in [0.5, 0.6) is 0 Å². The number of hydrogen-bond donors (Lipinski definition) is 1. The summed E-state index contributed by atoms with van der Waals surface area (Å²) in [5.41, 5.74) is 3.40. The molecule has 1 amide bonds. The third-order valence-corrected chi connectivity index (χ3v) is 6.93. The highest BCUT2D eigenvalue weighted by Gasteiger charge is 2.28. The zero-order valence-electron chi connectivity index (χ0n) is 19.3. The molecule has 0 saturated heterocycles. The fraction of sp³-hybridized carbons (Fsp3) is 0.333. The number of aromatic nitrogens is 3. The molecule has 2 heterocycles. The van der Waals surface area contributed by atoms with Crippen LogP contribution in [0.3, 0.4) is 0 Å². The van der Waals surface area contributed by atoms with Crippen LogP contribution in [0.2, 0.25) is 0 Å². The molecule has 4 aromatic rings. The summed E-state index contributed by atoms with van der Waals surface area (Å²) in [5.74, 6) is 1.42. The summed E-state index contributed by atoms with van der Waals surface area (Å²) in [7, 11) is 0. The van der Waals surface area contributed by atoms with Crippen LogP contribution in [0, 0.1) is 18.7 Å². The second kappa shape index (κ2) is 9.33. The van der Waals surface area contributed by atoms with Gasteiger partial charge in [0, 0.05) is 35.7 Å². The van der Waals surface area contributed by atoms with Crippen LogP contribution in [0.1, 0.15) is 60.3 Å². The molecule has 1 atom stereocenters. The number of benzene rings is 2. The van der Waals surface area contributed by atoms with Gasteiger partial charge in [0.05, 0.1) is 5.52 Å². The van der Waals surface area contributed by atoms with Crippen molar-refractivity contribution in [1.82, 2.24) is 20.5 Å². The van der Waals surface area contributed by atoms with E-state index in [0.717, 1.165) is 42.1 Å². The average molecular weight is 459 g/mol. The maximum atomic E-state index is 13.8. The number of aryl methyl sites for hydroxylation is 1. The molecule has 1 N–H and O–H groups in total. The van der Waals surface area contributed by atoms with Gasteiger partial charge in [0.15, 0.2) is 0 Å². The summed E-state index contributed by atoms with van der Waals surface area (Å²) in [6.45, 7) is 3.82. The van der Waals surface area contributed by atoms with Gasteiger partial charge in [-0.2, -0.15) is 0 Å². The number of carbonyl (C=O) groups excluding carboxylic acids is 1. The topological polar surface area (TPSA) is 80.9 Å². The summed E-state index contributed by atoms with van der Waals surface area (Å²) in [4.78, 5) is 17.2. The van der Waals surface area contributed by atoms with E-state index >= 15 is 0 Å². The quantitative estimate of drug-likeness (QED) is 0.407. The van der Waals surface area contributed by atoms with Crippen molar-refractivity contribution in [3.8, 4) is 11.5 Å². The lowest BCUT2D eigenvalue weighted by Crippen LogP contribution is -2.39. The number of amides is 1. The van der Waals surface area contributed by atoms with Gasteiger partial charge in [0.25, 0.3) is 5.91 Å². The lowest BCUT2D eigenvalue weighted by molar-refractivity contribution is 0.0918. The Labute approximate surface area is 197 Å². The third kappa shape index (κ3) is 4.55. The predicted octanol–water partition coefficient (Wildman–Crippen LogP) is 5.82. The highest BCUT2D eigenvalue weighted by Crippen LogP contribution is 2.39. The van der Waals surface area contributed by atoms with Crippen LogP contribution in [-0.4, -0.2) is 27.1 Å². The number of halogens is 1. The van der Waals surface area contributed by atoms with E-state index in [1.807, 2.05) is 24.4 Å². The second-order valence-electron chi connectivity index (χ2n) is 9.14. The Kier molecular flexibility index (Phi) is 6.09. The molecule has 1 aliphatic carbocycles. The van der Waals surface area contributed by atoms with Crippen LogP contribution < -0.4 is 5.32 Å². The molecule has 0 radical (unpaired) electrons. The monoisotopic (exact) mass is 458 g/mol. The number of carbonyl (C=O) groups is 1. The molecule has 174 valence electrons. The van der Waals surface area contributed by atoms with E-state index in [9.17, 15) is 9.18 Å². The average Bonchev–Trinajstić information content (AvgIpc) is 3.30. The van der Waals surface area contributed by atoms with Crippen LogP contribution >= 0.6 is 0 Å². The van der Waals surface area contributed by atoms with Crippen LogP contribution in [-0.2, 0) is 0 Å². The molecule has 1 unspecified atom stereocenters. The number of nitrogens with zero attached hydrogens (tertiary/aromatic N) is 3. The van der Waals surface area contributed by atoms with E-state index in [1.165, 1.54) is 11.6 Å². The van der Waals surface area contributed by atoms with Gasteiger partial charge in [-0.25, -0.2) is 4.39 Å². The fourth-order valence-electron chi connectivity index (χ4n) is 5.01. The minimum absolute atomic E-state index is 0.0679. The second-order valence-corrected chi connectivity index (χ2v) is 9.14. The van der Waals surface area contributed by atoms with Gasteiger partial charge >= 0.3 is 0 Å². The molecule has 5 rings (SSSR count). The van der Waals surface area contributed by atoms with Gasteiger partial charge in [0.1, 0.15) is 5.82 Å². The molecule has 7 heteroatoms. The SMILES string of the molecule is Cc1nnc(-c2ccc(C(=O)NC(C)C3CCC(c4ccnc5ccc(F)cc45)CC3)cc2)o1. The lowest BCUT2D eigenvalue weighted by atomic mass is 9.75. The lowest BCUT2D eigenvalue weighted by Gasteiger charge is -2.33. The van der Waals surface area contributed by atoms with Crippen molar-refractivity contribution in [3.63, 3.8) is 0 Å². The molecule has 34 heavy (non-hydrogen) atoms. The summed E-state index contributed by atoms with van der Waals surface area (Å²) in [5, 5.41) is 11.9. The molecule has 1 saturated carbocycles. The Hall–Kier alpha value is -3.61. The molecule has 2 aromatic carbocycles. The maximum absolute atomic E-state index is 13.8. The van der Waals surface area contributed by atoms with E-state index in [0.29, 0.717) is 29.2 Å². The predicted molar refractivity (Wildman–Crippen MR) is 128 cm³/mol. The zero-order chi connectivity index (χ0) is 23.7. The van der Waals surface area contributed by atoms with Crippen LogP contribution in [0.4, 0.5) is 4.39 Å². The minimum Gasteiger partial charge on any atom is -0.421 e. The number of rotatable bonds is 5. The molecule has 1 aliphatic rings. The molecule has 0 aliphatic heterocycles. The van der Waals surface area contributed by atoms with Crippen LogP contribution in [0.25, 0.3) is 22.4 Å². The maximum Gasteiger partial charge on any atom is 0.251 e. The van der Waals surface area contributed by atoms with Gasteiger partial charge in [-0.15, -0.1) is 10.2 Å². The van der Waals surface area contributed by atoms with Crippen molar-refractivity contribution >= 4 is 16.8 Å². The van der Waals surface area contributed by atoms with Crippen molar-refractivity contribution in [1.29, 1.82) is 0 Å². The molecule has 6 nitrogen and oxygen atoms in total. The van der Waals surface area contributed by atoms with Crippen molar-refractivity contribution in [2.45, 2.75) is 51.5 Å². The van der Waals surface area contributed by atoms with Crippen LogP contribution in [0.15, 0.2) is 59.1 Å². The number of pyridine rings is 1. The van der Waals surface area contributed by atoms with E-state index in [-0.39, 0.29) is 17.8 Å². The Balaban J connectivity index is 1.20. The Morgan fingerprint density at radius 3 is 2.53 bits per heavy atom. The Morgan fingerprint density at radius 1 is 1.06 bits per heavy atom. The first kappa shape index (κ1) is 22.2. The highest BCUT2D eigenvalue weighted by atomic mass is 19.1. The smallest absolute Gasteiger partial charge is 0.251 e. The van der Waals surface area contributed by atoms with Crippen molar-refractivity contribution in [3.05, 3.63) is 77.6 Å². The molecule has 1 fully saturated rings. The minimum atomic E-state index is -0.230. The van der Waals surface area contributed by atoms with Gasteiger partial charge in [0.2, 0.25) is 11.8 Å². The first-order valence-electron chi connectivity index (χ1n) is 11.7. The fourth-order valence-corrected chi connectivity index (χ4v) is 5.01. The van der Waals surface area contributed by atoms with Crippen molar-refractivity contribution in [2.75, 3.05) is 0 Å². The zero-order valence-corrected chi connectivity index (χ0v) is 19.3. The number of nitrogens with one attached hydrogen (secondary N) is 1. The summed E-state index contributed by atoms with van der Waals surface area (Å²) in [6.07, 6.45) is 5.87. The third-order valence-electron chi connectivity index (χ3n) is 6.93. The number of fused-ring (bicyclic) bond motifs is 1. The molecular weight excluding hydrogens is 431 g/mol. The van der Waals surface area contributed by atoms with Crippen molar-refractivity contribution < 1.29 is 13.6 Å².